The van der Waals surface area contributed by atoms with E-state index in [-0.39, 0.29) is 16.2 Å². The third-order valence-electron chi connectivity index (χ3n) is 12.8. The molecule has 0 aliphatic heterocycles. The number of rotatable bonds is 1. The fraction of sp³-hybridized carbons (Fsp3) is 0.758. The van der Waals surface area contributed by atoms with Gasteiger partial charge < -0.3 is 0 Å². The Kier molecular flexibility index (Phi) is 5.68. The van der Waals surface area contributed by atoms with E-state index in [1.807, 2.05) is 0 Å². The zero-order chi connectivity index (χ0) is 25.0. The Bertz CT molecular complexity index is 955. The fourth-order valence-corrected chi connectivity index (χ4v) is 10.5. The predicted molar refractivity (Wildman–Crippen MR) is 145 cm³/mol. The van der Waals surface area contributed by atoms with Crippen molar-refractivity contribution in [2.24, 2.45) is 63.6 Å². The molecule has 0 nitrogen and oxygen atoms in total. The van der Waals surface area contributed by atoms with Gasteiger partial charge in [0.2, 0.25) is 0 Å². The molecule has 4 aliphatic rings. The second kappa shape index (κ2) is 7.48. The number of hydrogen-bond donors (Lipinski definition) is 0. The molecule has 0 bridgehead atoms. The van der Waals surface area contributed by atoms with Crippen LogP contribution in [-0.2, 0) is 0 Å². The van der Waals surface area contributed by atoms with Crippen LogP contribution in [0.1, 0.15) is 95.9 Å². The molecule has 4 aliphatic carbocycles. The monoisotopic (exact) mass is 448 g/mol. The first-order chi connectivity index (χ1) is 15.1. The van der Waals surface area contributed by atoms with Crippen LogP contribution in [0.2, 0.25) is 0 Å². The van der Waals surface area contributed by atoms with Crippen molar-refractivity contribution in [2.75, 3.05) is 0 Å². The molecule has 184 valence electrons. The molecule has 0 heterocycles. The van der Waals surface area contributed by atoms with Crippen LogP contribution in [0, 0.1) is 63.6 Å². The highest BCUT2D eigenvalue weighted by atomic mass is 14.7. The van der Waals surface area contributed by atoms with Gasteiger partial charge in [0.15, 0.2) is 0 Å². The van der Waals surface area contributed by atoms with Crippen molar-refractivity contribution in [2.45, 2.75) is 95.9 Å². The molecule has 0 N–H and O–H groups in total. The lowest BCUT2D eigenvalue weighted by molar-refractivity contribution is -0.0943. The molecule has 10 atom stereocenters. The van der Waals surface area contributed by atoms with Crippen LogP contribution in [0.15, 0.2) is 46.6 Å². The number of hydrogen-bond acceptors (Lipinski definition) is 0. The molecule has 0 spiro atoms. The zero-order valence-electron chi connectivity index (χ0n) is 23.9. The number of fused-ring (bicyclic) bond motifs is 3. The van der Waals surface area contributed by atoms with Gasteiger partial charge in [-0.05, 0) is 107 Å². The van der Waals surface area contributed by atoms with Crippen LogP contribution in [0.4, 0.5) is 0 Å². The molecule has 0 aromatic heterocycles. The van der Waals surface area contributed by atoms with Crippen molar-refractivity contribution in [3.63, 3.8) is 0 Å². The molecule has 2 fully saturated rings. The van der Waals surface area contributed by atoms with Crippen LogP contribution < -0.4 is 0 Å². The molecule has 0 aromatic carbocycles. The van der Waals surface area contributed by atoms with Crippen molar-refractivity contribution in [3.05, 3.63) is 46.6 Å². The summed E-state index contributed by atoms with van der Waals surface area (Å²) in [6.45, 7) is 39.9. The van der Waals surface area contributed by atoms with Crippen LogP contribution in [-0.4, -0.2) is 0 Å². The molecule has 4 rings (SSSR count). The average Bonchev–Trinajstić information content (AvgIpc) is 2.71. The summed E-state index contributed by atoms with van der Waals surface area (Å²) < 4.78 is 0. The van der Waals surface area contributed by atoms with Crippen LogP contribution in [0.5, 0.6) is 0 Å². The zero-order valence-corrected chi connectivity index (χ0v) is 23.9. The molecule has 0 aromatic rings. The van der Waals surface area contributed by atoms with E-state index in [1.54, 1.807) is 16.7 Å². The van der Waals surface area contributed by atoms with Gasteiger partial charge in [0.1, 0.15) is 0 Å². The summed E-state index contributed by atoms with van der Waals surface area (Å²) in [5.41, 5.74) is 9.56. The van der Waals surface area contributed by atoms with Crippen LogP contribution >= 0.6 is 0 Å². The second-order valence-corrected chi connectivity index (χ2v) is 14.0. The maximum absolute atomic E-state index is 4.95. The molecule has 2 saturated carbocycles. The Balaban J connectivity index is 2.02. The van der Waals surface area contributed by atoms with Crippen LogP contribution in [0.25, 0.3) is 0 Å². The van der Waals surface area contributed by atoms with E-state index < -0.39 is 0 Å². The van der Waals surface area contributed by atoms with Gasteiger partial charge in [-0.25, -0.2) is 0 Å². The van der Waals surface area contributed by atoms with Crippen molar-refractivity contribution in [3.8, 4) is 0 Å². The van der Waals surface area contributed by atoms with Gasteiger partial charge in [0, 0.05) is 5.41 Å². The van der Waals surface area contributed by atoms with Crippen molar-refractivity contribution in [1.82, 2.24) is 0 Å². The lowest BCUT2D eigenvalue weighted by Crippen LogP contribution is -2.62. The van der Waals surface area contributed by atoms with Crippen molar-refractivity contribution < 1.29 is 0 Å². The summed E-state index contributed by atoms with van der Waals surface area (Å²) in [4.78, 5) is 0. The van der Waals surface area contributed by atoms with E-state index in [1.165, 1.54) is 29.6 Å². The van der Waals surface area contributed by atoms with Gasteiger partial charge in [-0.2, -0.15) is 0 Å². The first-order valence-corrected chi connectivity index (χ1v) is 13.9. The lowest BCUT2D eigenvalue weighted by Gasteiger charge is -2.70. The van der Waals surface area contributed by atoms with Gasteiger partial charge >= 0.3 is 0 Å². The molecular weight excluding hydrogens is 396 g/mol. The van der Waals surface area contributed by atoms with Crippen molar-refractivity contribution >= 4 is 0 Å². The Morgan fingerprint density at radius 1 is 0.909 bits per heavy atom. The molecule has 10 unspecified atom stereocenters. The Labute approximate surface area is 206 Å². The SMILES string of the molecule is C=C1C2=C(C)C3(C)C(=C)C(C(C)C)=C(C)CC3(C)C(C)C2(C)C(C)C2C(C)CC(C)C(C)C12. The number of allylic oxidation sites excluding steroid dienone is 6. The smallest absolute Gasteiger partial charge is 0.0193 e. The van der Waals surface area contributed by atoms with Crippen molar-refractivity contribution in [1.29, 1.82) is 0 Å². The second-order valence-electron chi connectivity index (χ2n) is 14.0. The van der Waals surface area contributed by atoms with E-state index >= 15 is 0 Å². The van der Waals surface area contributed by atoms with Gasteiger partial charge in [0.05, 0.1) is 0 Å². The van der Waals surface area contributed by atoms with Gasteiger partial charge in [-0.3, -0.25) is 0 Å². The van der Waals surface area contributed by atoms with Gasteiger partial charge in [-0.15, -0.1) is 0 Å². The third-order valence-corrected chi connectivity index (χ3v) is 12.8. The minimum Gasteiger partial charge on any atom is -0.0952 e. The maximum Gasteiger partial charge on any atom is 0.0193 e. The molecule has 0 radical (unpaired) electrons. The Hall–Kier alpha value is -1.04. The predicted octanol–water partition coefficient (Wildman–Crippen LogP) is 9.65. The standard InChI is InChI=1S/C33H52/c1-17(2)27-20(5)16-31(12)26(11)32(13)23(8)28-19(4)15-18(3)21(6)29(28)22(7)30(32)25(10)33(31,14)24(27)9/h17-19,21,23,26,28-29H,7,9,15-16H2,1-6,8,10-14H3. The third kappa shape index (κ3) is 2.76. The molecule has 0 heteroatoms. The topological polar surface area (TPSA) is 0 Å². The summed E-state index contributed by atoms with van der Waals surface area (Å²) in [5.74, 6) is 5.40. The minimum atomic E-state index is -0.00892. The average molecular weight is 449 g/mol. The van der Waals surface area contributed by atoms with Gasteiger partial charge in [0.25, 0.3) is 0 Å². The molecule has 33 heavy (non-hydrogen) atoms. The normalized spacial score (nSPS) is 50.4. The van der Waals surface area contributed by atoms with Crippen LogP contribution in [0.3, 0.4) is 0 Å². The lowest BCUT2D eigenvalue weighted by atomic mass is 9.34. The Morgan fingerprint density at radius 3 is 2.03 bits per heavy atom. The summed E-state index contributed by atoms with van der Waals surface area (Å²) >= 11 is 0. The quantitative estimate of drug-likeness (QED) is 0.374. The van der Waals surface area contributed by atoms with E-state index in [0.29, 0.717) is 29.6 Å². The van der Waals surface area contributed by atoms with E-state index in [2.05, 4.69) is 83.1 Å². The fourth-order valence-electron chi connectivity index (χ4n) is 10.5. The van der Waals surface area contributed by atoms with E-state index in [0.717, 1.165) is 17.8 Å². The van der Waals surface area contributed by atoms with E-state index in [4.69, 9.17) is 13.2 Å². The summed E-state index contributed by atoms with van der Waals surface area (Å²) in [7, 11) is 0. The van der Waals surface area contributed by atoms with E-state index in [9.17, 15) is 0 Å². The highest BCUT2D eigenvalue weighted by Gasteiger charge is 2.67. The first kappa shape index (κ1) is 25.1. The van der Waals surface area contributed by atoms with Gasteiger partial charge in [-0.1, -0.05) is 93.5 Å². The Morgan fingerprint density at radius 2 is 1.48 bits per heavy atom. The minimum absolute atomic E-state index is 0.00892. The molecular formula is C33H52. The highest BCUT2D eigenvalue weighted by molar-refractivity contribution is 5.58. The highest BCUT2D eigenvalue weighted by Crippen LogP contribution is 2.75. The molecule has 0 amide bonds. The summed E-state index contributed by atoms with van der Waals surface area (Å²) in [6, 6.07) is 0. The summed E-state index contributed by atoms with van der Waals surface area (Å²) in [5, 5.41) is 0. The molecule has 0 saturated heterocycles. The first-order valence-electron chi connectivity index (χ1n) is 13.9. The maximum atomic E-state index is 4.95. The summed E-state index contributed by atoms with van der Waals surface area (Å²) in [6.07, 6.45) is 2.56. The largest absolute Gasteiger partial charge is 0.0952 e.